The number of hydrogen-bond donors (Lipinski definition) is 2. The maximum Gasteiger partial charge on any atom is 0.291 e. The van der Waals surface area contributed by atoms with Crippen LogP contribution in [0.3, 0.4) is 0 Å². The molecule has 2 aromatic heterocycles. The lowest BCUT2D eigenvalue weighted by Crippen LogP contribution is -2.37. The topological polar surface area (TPSA) is 120 Å². The molecule has 2 fully saturated rings. The van der Waals surface area contributed by atoms with Gasteiger partial charge in [-0.15, -0.1) is 0 Å². The van der Waals surface area contributed by atoms with Crippen molar-refractivity contribution < 1.29 is 19.1 Å². The zero-order valence-electron chi connectivity index (χ0n) is 29.5. The van der Waals surface area contributed by atoms with Gasteiger partial charge in [0.1, 0.15) is 11.5 Å². The van der Waals surface area contributed by atoms with Gasteiger partial charge in [0.15, 0.2) is 5.82 Å². The number of aliphatic hydroxyl groups is 1. The Morgan fingerprint density at radius 3 is 2.44 bits per heavy atom. The minimum atomic E-state index is -0.370. The molecule has 0 unspecified atom stereocenters. The fourth-order valence-electron chi connectivity index (χ4n) is 8.32. The van der Waals surface area contributed by atoms with E-state index in [1.54, 1.807) is 11.0 Å². The largest absolute Gasteiger partial charge is 0.439 e. The molecule has 4 aromatic rings. The van der Waals surface area contributed by atoms with Crippen LogP contribution in [0.25, 0.3) is 22.6 Å². The molecule has 5 heterocycles. The predicted octanol–water partition coefficient (Wildman–Crippen LogP) is 6.54. The fraction of sp³-hybridized carbons (Fsp3) is 0.487. The van der Waals surface area contributed by atoms with Crippen molar-refractivity contribution >= 4 is 40.7 Å². The van der Waals surface area contributed by atoms with E-state index in [4.69, 9.17) is 37.6 Å². The van der Waals surface area contributed by atoms with Crippen molar-refractivity contribution in [1.29, 1.82) is 0 Å². The highest BCUT2D eigenvalue weighted by molar-refractivity contribution is 6.39. The Kier molecular flexibility index (Phi) is 10.1. The van der Waals surface area contributed by atoms with Crippen LogP contribution in [-0.2, 0) is 37.9 Å². The second-order valence-electron chi connectivity index (χ2n) is 14.8. The number of likely N-dealkylation sites (tertiary alicyclic amines) is 1. The summed E-state index contributed by atoms with van der Waals surface area (Å²) >= 11 is 14.0. The Morgan fingerprint density at radius 1 is 0.904 bits per heavy atom. The van der Waals surface area contributed by atoms with Gasteiger partial charge in [-0.25, -0.2) is 9.97 Å². The molecule has 11 nitrogen and oxygen atoms in total. The number of amides is 2. The molecule has 0 spiro atoms. The highest BCUT2D eigenvalue weighted by Gasteiger charge is 2.32. The Hall–Kier alpha value is -3.74. The summed E-state index contributed by atoms with van der Waals surface area (Å²) in [6, 6.07) is 11.1. The number of β-amino-alcohol motifs (C(OH)–C–C–N with tert-alkyl or cyclic N) is 1. The number of rotatable bonds is 9. The van der Waals surface area contributed by atoms with Gasteiger partial charge >= 0.3 is 0 Å². The molecule has 4 aliphatic rings. The number of halogens is 2. The average molecular weight is 747 g/mol. The van der Waals surface area contributed by atoms with E-state index >= 15 is 0 Å². The van der Waals surface area contributed by atoms with E-state index in [2.05, 4.69) is 10.2 Å². The van der Waals surface area contributed by atoms with Gasteiger partial charge in [0.25, 0.3) is 5.91 Å². The lowest BCUT2D eigenvalue weighted by Gasteiger charge is -2.29. The van der Waals surface area contributed by atoms with Gasteiger partial charge in [-0.2, -0.15) is 0 Å². The highest BCUT2D eigenvalue weighted by Crippen LogP contribution is 2.42. The van der Waals surface area contributed by atoms with Crippen LogP contribution in [0, 0.1) is 5.92 Å². The van der Waals surface area contributed by atoms with Gasteiger partial charge in [0.2, 0.25) is 11.8 Å². The molecule has 274 valence electrons. The van der Waals surface area contributed by atoms with Gasteiger partial charge < -0.3 is 24.3 Å². The van der Waals surface area contributed by atoms with E-state index in [1.807, 2.05) is 46.8 Å². The van der Waals surface area contributed by atoms with Crippen molar-refractivity contribution in [2.75, 3.05) is 38.0 Å². The number of hydrogen-bond acceptors (Lipinski definition) is 8. The number of anilines is 1. The lowest BCUT2D eigenvalue weighted by atomic mass is 9.87. The Balaban J connectivity index is 0.943. The number of fused-ring (bicyclic) bond motifs is 2. The molecule has 2 aromatic carbocycles. The molecule has 52 heavy (non-hydrogen) atoms. The summed E-state index contributed by atoms with van der Waals surface area (Å²) in [5, 5.41) is 13.6. The summed E-state index contributed by atoms with van der Waals surface area (Å²) in [4.78, 5) is 42.3. The SMILES string of the molecule is Cn1c(C(=O)Nc2cccc(-c3cccc(-c4nc5c(o4)CN(C(=O)CN4CC[C@@H](O)C4)C5)c3Cl)c2Cl)nc2c1CCN(CCC1CCCCC1)C2. The average Bonchev–Trinajstić information content (AvgIpc) is 3.92. The van der Waals surface area contributed by atoms with Gasteiger partial charge in [0.05, 0.1) is 52.7 Å². The van der Waals surface area contributed by atoms with E-state index in [9.17, 15) is 14.7 Å². The number of carbonyl (C=O) groups is 2. The van der Waals surface area contributed by atoms with E-state index in [0.717, 1.165) is 43.4 Å². The van der Waals surface area contributed by atoms with Crippen LogP contribution in [0.2, 0.25) is 10.0 Å². The van der Waals surface area contributed by atoms with Crippen molar-refractivity contribution in [3.63, 3.8) is 0 Å². The van der Waals surface area contributed by atoms with Gasteiger partial charge in [0, 0.05) is 56.5 Å². The Morgan fingerprint density at radius 2 is 1.67 bits per heavy atom. The molecule has 1 saturated carbocycles. The van der Waals surface area contributed by atoms with Crippen molar-refractivity contribution in [3.8, 4) is 22.6 Å². The van der Waals surface area contributed by atoms with Crippen LogP contribution in [0.15, 0.2) is 40.8 Å². The zero-order chi connectivity index (χ0) is 35.9. The molecule has 1 atom stereocenters. The number of aromatic nitrogens is 3. The van der Waals surface area contributed by atoms with Crippen LogP contribution in [0.1, 0.15) is 78.4 Å². The molecule has 8 rings (SSSR count). The van der Waals surface area contributed by atoms with Crippen molar-refractivity contribution in [2.45, 2.75) is 77.1 Å². The van der Waals surface area contributed by atoms with Gasteiger partial charge in [-0.05, 0) is 37.4 Å². The minimum absolute atomic E-state index is 0.0142. The fourth-order valence-corrected chi connectivity index (χ4v) is 8.90. The predicted molar refractivity (Wildman–Crippen MR) is 200 cm³/mol. The molecular weight excluding hydrogens is 701 g/mol. The monoisotopic (exact) mass is 745 g/mol. The first-order valence-electron chi connectivity index (χ1n) is 18.5. The summed E-state index contributed by atoms with van der Waals surface area (Å²) in [5.41, 5.74) is 5.19. The maximum absolute atomic E-state index is 13.7. The molecule has 2 amide bonds. The number of benzene rings is 2. The van der Waals surface area contributed by atoms with Crippen molar-refractivity contribution in [2.24, 2.45) is 13.0 Å². The number of oxazole rings is 1. The number of carbonyl (C=O) groups excluding carboxylic acids is 2. The summed E-state index contributed by atoms with van der Waals surface area (Å²) in [6.07, 6.45) is 9.25. The minimum Gasteiger partial charge on any atom is -0.439 e. The Labute approximate surface area is 313 Å². The molecule has 1 saturated heterocycles. The molecule has 1 aliphatic carbocycles. The third-order valence-electron chi connectivity index (χ3n) is 11.3. The summed E-state index contributed by atoms with van der Waals surface area (Å²) in [7, 11) is 1.91. The third-order valence-corrected chi connectivity index (χ3v) is 12.1. The normalized spacial score (nSPS) is 19.6. The quantitative estimate of drug-likeness (QED) is 0.198. The number of nitrogens with zero attached hydrogens (tertiary/aromatic N) is 6. The summed E-state index contributed by atoms with van der Waals surface area (Å²) in [6.45, 7) is 5.02. The van der Waals surface area contributed by atoms with Crippen molar-refractivity contribution in [1.82, 2.24) is 29.2 Å². The van der Waals surface area contributed by atoms with Crippen LogP contribution in [-0.4, -0.2) is 85.0 Å². The van der Waals surface area contributed by atoms with Crippen molar-refractivity contribution in [3.05, 3.63) is 75.1 Å². The van der Waals surface area contributed by atoms with Crippen LogP contribution in [0.5, 0.6) is 0 Å². The molecule has 0 bridgehead atoms. The second-order valence-corrected chi connectivity index (χ2v) is 15.6. The van der Waals surface area contributed by atoms with E-state index < -0.39 is 0 Å². The number of imidazole rings is 1. The lowest BCUT2D eigenvalue weighted by molar-refractivity contribution is -0.133. The van der Waals surface area contributed by atoms with Crippen LogP contribution in [0.4, 0.5) is 5.69 Å². The first kappa shape index (κ1) is 35.3. The van der Waals surface area contributed by atoms with E-state index in [0.29, 0.717) is 88.2 Å². The summed E-state index contributed by atoms with van der Waals surface area (Å²) in [5.74, 6) is 1.89. The van der Waals surface area contributed by atoms with Gasteiger partial charge in [-0.1, -0.05) is 79.6 Å². The van der Waals surface area contributed by atoms with E-state index in [1.165, 1.54) is 38.5 Å². The second kappa shape index (κ2) is 14.9. The molecule has 2 N–H and O–H groups in total. The zero-order valence-corrected chi connectivity index (χ0v) is 31.1. The summed E-state index contributed by atoms with van der Waals surface area (Å²) < 4.78 is 8.07. The maximum atomic E-state index is 13.7. The number of nitrogens with one attached hydrogen (secondary N) is 1. The molecule has 3 aliphatic heterocycles. The first-order chi connectivity index (χ1) is 25.2. The highest BCUT2D eigenvalue weighted by atomic mass is 35.5. The van der Waals surface area contributed by atoms with Gasteiger partial charge in [-0.3, -0.25) is 19.4 Å². The molecule has 13 heteroatoms. The van der Waals surface area contributed by atoms with Crippen LogP contribution < -0.4 is 5.32 Å². The Bertz CT molecular complexity index is 1960. The number of aliphatic hydroxyl groups excluding tert-OH is 1. The first-order valence-corrected chi connectivity index (χ1v) is 19.3. The standard InChI is InChI=1S/C39H45Cl2N7O4/c1-45-32-15-18-46(16-13-24-7-3-2-4-8-24)20-30(32)42-37(45)38(51)43-29-12-6-10-27(36(29)41)26-9-5-11-28(35(26)40)39-44-31-21-48(22-33(31)52-39)34(50)23-47-17-14-25(49)19-47/h5-6,9-12,24-25,49H,2-4,7-8,13-23H2,1H3,(H,43,51)/t25-/m1/s1. The van der Waals surface area contributed by atoms with E-state index in [-0.39, 0.29) is 24.5 Å². The molecule has 0 radical (unpaired) electrons. The molecular formula is C39H45Cl2N7O4. The third kappa shape index (κ3) is 7.13. The smallest absolute Gasteiger partial charge is 0.291 e. The van der Waals surface area contributed by atoms with Crippen LogP contribution >= 0.6 is 23.2 Å².